The Kier molecular flexibility index (Phi) is 168. The standard InChI is InChI=1S/Ba.2O.Si.Ti.H/q;2*-2;+4;+3;. The third-order valence-electron chi connectivity index (χ3n) is 0. The van der Waals surface area contributed by atoms with Gasteiger partial charge in [-0.2, -0.15) is 0 Å². The van der Waals surface area contributed by atoms with E-state index >= 15 is 0 Å². The summed E-state index contributed by atoms with van der Waals surface area (Å²) in [5.74, 6) is 0. The first-order valence-corrected chi connectivity index (χ1v) is 15.0. The van der Waals surface area contributed by atoms with Gasteiger partial charge in [0.05, 0.1) is 0 Å². The Balaban J connectivity index is -0.00000000167. The predicted molar refractivity (Wildman–Crippen MR) is 14.3 cm³/mol. The van der Waals surface area contributed by atoms with Crippen LogP contribution in [-0.4, -0.2) is 52.3 Å². The zero-order valence-electron chi connectivity index (χ0n) is 2.82. The third-order valence-corrected chi connectivity index (χ3v) is 0. The topological polar surface area (TPSA) is 57.0 Å². The van der Waals surface area contributed by atoms with Crippen LogP contribution >= 0.6 is 0 Å². The van der Waals surface area contributed by atoms with Crippen molar-refractivity contribution in [3.63, 3.8) is 0 Å². The fraction of sp³-hybridized carbons (Fsp3) is 0. The number of hydrogen-bond acceptors (Lipinski definition) is 0. The van der Waals surface area contributed by atoms with Gasteiger partial charge in [0.2, 0.25) is 0 Å². The summed E-state index contributed by atoms with van der Waals surface area (Å²) in [7, 11) is 2.22. The van der Waals surface area contributed by atoms with Crippen LogP contribution in [0.15, 0.2) is 0 Å². The van der Waals surface area contributed by atoms with Crippen LogP contribution in [-0.2, 0) is 21.3 Å². The number of rotatable bonds is 0. The van der Waals surface area contributed by atoms with Crippen molar-refractivity contribution in [2.24, 2.45) is 0 Å². The van der Waals surface area contributed by atoms with Gasteiger partial charge in [-0.15, -0.1) is 0 Å². The fourth-order valence-corrected chi connectivity index (χ4v) is 0. The van der Waals surface area contributed by atoms with Crippen LogP contribution in [0.4, 0.5) is 0 Å². The molecule has 0 aromatic carbocycles. The molecule has 0 spiro atoms. The fourth-order valence-electron chi connectivity index (χ4n) is 0. The van der Waals surface area contributed by atoms with Gasteiger partial charge in [0.1, 0.15) is 0 Å². The molecule has 0 radical (unpaired) electrons. The van der Waals surface area contributed by atoms with E-state index in [0.717, 1.165) is 41.3 Å². The van der Waals surface area contributed by atoms with Crippen molar-refractivity contribution in [3.8, 4) is 0 Å². The second-order valence-electron chi connectivity index (χ2n) is 0. The molecule has 0 saturated heterocycles. The van der Waals surface area contributed by atoms with Crippen molar-refractivity contribution >= 4 is 52.3 Å². The van der Waals surface area contributed by atoms with Gasteiger partial charge in [-0.25, -0.2) is 0 Å². The second kappa shape index (κ2) is 32.2. The molecule has 0 atom stereocenters. The molecule has 0 aromatic rings. The van der Waals surface area contributed by atoms with Crippen LogP contribution in [0.5, 0.6) is 0 Å². The Morgan fingerprint density at radius 2 is 1.00 bits per heavy atom. The third kappa shape index (κ3) is 21.4. The van der Waals surface area contributed by atoms with E-state index in [2.05, 4.69) is 10.4 Å². The molecule has 20 valence electrons. The second-order valence-corrected chi connectivity index (χ2v) is 0. The summed E-state index contributed by atoms with van der Waals surface area (Å²) in [6, 6.07) is 0. The van der Waals surface area contributed by atoms with Gasteiger partial charge in [0, 0.05) is 0 Å². The molecule has 5 heavy (non-hydrogen) atoms. The summed E-state index contributed by atoms with van der Waals surface area (Å²) in [4.78, 5) is 0. The summed E-state index contributed by atoms with van der Waals surface area (Å²) in [6.45, 7) is 0. The van der Waals surface area contributed by atoms with Gasteiger partial charge in [-0.05, 0) is 0 Å². The van der Waals surface area contributed by atoms with Crippen molar-refractivity contribution < 1.29 is 21.3 Å². The molecule has 0 aliphatic rings. The molecule has 5 heteroatoms. The average molecular weight is 246 g/mol. The van der Waals surface area contributed by atoms with Crippen LogP contribution in [0.3, 0.4) is 0 Å². The molecular formula is HBaO2SiTi+3. The van der Waals surface area contributed by atoms with Crippen molar-refractivity contribution in [2.45, 2.75) is 0 Å². The molecule has 0 heterocycles. The molecule has 0 aliphatic carbocycles. The summed E-state index contributed by atoms with van der Waals surface area (Å²) < 4.78 is 0. The van der Waals surface area contributed by atoms with Crippen molar-refractivity contribution in [1.29, 1.82) is 0 Å². The van der Waals surface area contributed by atoms with Gasteiger partial charge in [0.25, 0.3) is 0 Å². The first kappa shape index (κ1) is 26.1. The molecular weight excluding hydrogens is 245 g/mol. The zero-order valence-corrected chi connectivity index (χ0v) is 11.7. The summed E-state index contributed by atoms with van der Waals surface area (Å²) in [6.07, 6.45) is 0. The van der Waals surface area contributed by atoms with Crippen molar-refractivity contribution in [1.82, 2.24) is 0 Å². The van der Waals surface area contributed by atoms with Crippen LogP contribution < -0.4 is 0 Å². The van der Waals surface area contributed by atoms with Gasteiger partial charge in [-0.1, -0.05) is 0 Å². The van der Waals surface area contributed by atoms with E-state index in [0.29, 0.717) is 0 Å². The van der Waals surface area contributed by atoms with Crippen LogP contribution in [0.1, 0.15) is 0 Å². The molecule has 0 aromatic heterocycles. The van der Waals surface area contributed by atoms with E-state index in [1.54, 1.807) is 0 Å². The normalized spacial score (nSPS) is 1.00. The Hall–Kier alpha value is 2.42. The molecule has 0 rings (SSSR count). The summed E-state index contributed by atoms with van der Waals surface area (Å²) in [5, 5.41) is 0. The quantitative estimate of drug-likeness (QED) is 0.479. The maximum absolute atomic E-state index is 2.22. The molecule has 0 amide bonds. The molecule has 0 fully saturated rings. The Labute approximate surface area is 71.8 Å². The van der Waals surface area contributed by atoms with Gasteiger partial charge in [0.15, 0.2) is 0 Å². The van der Waals surface area contributed by atoms with E-state index in [1.165, 1.54) is 0 Å². The zero-order chi connectivity index (χ0) is 2.00. The monoisotopic (exact) mass is 247 g/mol. The van der Waals surface area contributed by atoms with Gasteiger partial charge < -0.3 is 11.0 Å². The van der Waals surface area contributed by atoms with Crippen LogP contribution in [0.2, 0.25) is 0 Å². The van der Waals surface area contributed by atoms with E-state index in [1.807, 2.05) is 0 Å². The Bertz CT molecular complexity index is 9.61. The van der Waals surface area contributed by atoms with Crippen molar-refractivity contribution in [2.75, 3.05) is 0 Å². The predicted octanol–water partition coefficient (Wildman–Crippen LogP) is -1.27. The van der Waals surface area contributed by atoms with Crippen LogP contribution in [0, 0.1) is 0 Å². The Morgan fingerprint density at radius 3 is 1.00 bits per heavy atom. The molecule has 0 saturated carbocycles. The molecule has 0 bridgehead atoms. The summed E-state index contributed by atoms with van der Waals surface area (Å²) >= 11 is 0.889. The minimum atomic E-state index is 0. The molecule has 2 nitrogen and oxygen atoms in total. The molecule has 0 aliphatic heterocycles. The van der Waals surface area contributed by atoms with E-state index < -0.39 is 0 Å². The average Bonchev–Trinajstić information content (AvgIpc) is 1.00. The van der Waals surface area contributed by atoms with Gasteiger partial charge in [-0.3, -0.25) is 0 Å². The molecule has 0 N–H and O–H groups in total. The number of hydrogen-bond donors (Lipinski definition) is 0. The molecule has 0 unspecified atom stereocenters. The summed E-state index contributed by atoms with van der Waals surface area (Å²) in [5.41, 5.74) is 0. The van der Waals surface area contributed by atoms with E-state index in [9.17, 15) is 0 Å². The van der Waals surface area contributed by atoms with E-state index in [4.69, 9.17) is 0 Å². The van der Waals surface area contributed by atoms with E-state index in [-0.39, 0.29) is 21.9 Å². The first-order chi connectivity index (χ1) is 1.00. The van der Waals surface area contributed by atoms with Crippen LogP contribution in [0.25, 0.3) is 0 Å². The maximum atomic E-state index is 2.22. The SMILES string of the molecule is [O-2].[O-2].[Si+4].[Ti+3][BaH]. The first-order valence-electron chi connectivity index (χ1n) is 0.500. The van der Waals surface area contributed by atoms with Crippen molar-refractivity contribution in [3.05, 3.63) is 0 Å². The Morgan fingerprint density at radius 1 is 1.00 bits per heavy atom. The minimum absolute atomic E-state index is 0. The van der Waals surface area contributed by atoms with Gasteiger partial charge >= 0.3 is 62.7 Å².